The van der Waals surface area contributed by atoms with Crippen molar-refractivity contribution in [3.8, 4) is 0 Å². The molecule has 5 nitrogen and oxygen atoms in total. The summed E-state index contributed by atoms with van der Waals surface area (Å²) in [6.45, 7) is 0. The number of carbonyl (C=O) groups excluding carboxylic acids is 2. The average Bonchev–Trinajstić information content (AvgIpc) is 2.66. The molecule has 0 amide bonds. The van der Waals surface area contributed by atoms with E-state index in [9.17, 15) is 9.59 Å². The summed E-state index contributed by atoms with van der Waals surface area (Å²) in [7, 11) is 2.69. The predicted octanol–water partition coefficient (Wildman–Crippen LogP) is 5.18. The summed E-state index contributed by atoms with van der Waals surface area (Å²) in [5, 5.41) is 1.03. The van der Waals surface area contributed by atoms with Crippen LogP contribution in [0.5, 0.6) is 0 Å². The van der Waals surface area contributed by atoms with Gasteiger partial charge < -0.3 is 15.2 Å². The fraction of sp³-hybridized carbons (Fsp3) is 0.333. The van der Waals surface area contributed by atoms with Crippen LogP contribution in [-0.2, 0) is 15.9 Å². The number of anilines is 1. The van der Waals surface area contributed by atoms with Crippen molar-refractivity contribution in [3.63, 3.8) is 0 Å². The molecule has 0 atom stereocenters. The quantitative estimate of drug-likeness (QED) is 0.541. The molecular weight excluding hydrogens is 401 g/mol. The van der Waals surface area contributed by atoms with Gasteiger partial charge in [0.05, 0.1) is 36.1 Å². The number of benzene rings is 2. The molecule has 2 N–H and O–H groups in total. The highest BCUT2D eigenvalue weighted by Gasteiger charge is 2.19. The lowest BCUT2D eigenvalue weighted by molar-refractivity contribution is 0.0592. The van der Waals surface area contributed by atoms with Gasteiger partial charge in [-0.15, -0.1) is 0 Å². The first-order chi connectivity index (χ1) is 13.3. The van der Waals surface area contributed by atoms with Crippen LogP contribution in [0.1, 0.15) is 45.5 Å². The zero-order valence-corrected chi connectivity index (χ0v) is 17.3. The molecule has 2 aromatic rings. The van der Waals surface area contributed by atoms with Gasteiger partial charge in [0.25, 0.3) is 0 Å². The van der Waals surface area contributed by atoms with Gasteiger partial charge in [-0.05, 0) is 48.2 Å². The van der Waals surface area contributed by atoms with Crippen molar-refractivity contribution in [3.05, 3.63) is 63.1 Å². The molecule has 1 aliphatic carbocycles. The van der Waals surface area contributed by atoms with Crippen molar-refractivity contribution in [2.75, 3.05) is 20.0 Å². The Morgan fingerprint density at radius 1 is 0.964 bits per heavy atom. The van der Waals surface area contributed by atoms with Crippen LogP contribution in [0.2, 0.25) is 10.0 Å². The van der Waals surface area contributed by atoms with E-state index in [0.29, 0.717) is 26.9 Å². The number of nitrogens with two attached hydrogens (primary N) is 1. The van der Waals surface area contributed by atoms with Gasteiger partial charge in [-0.3, -0.25) is 0 Å². The molecule has 0 spiro atoms. The minimum atomic E-state index is -0.420. The van der Waals surface area contributed by atoms with E-state index in [1.54, 1.807) is 24.3 Å². The molecule has 2 aromatic carbocycles. The van der Waals surface area contributed by atoms with Crippen molar-refractivity contribution in [2.45, 2.75) is 25.7 Å². The molecule has 0 aliphatic heterocycles. The van der Waals surface area contributed by atoms with Crippen LogP contribution in [-0.4, -0.2) is 26.2 Å². The molecule has 0 bridgehead atoms. The molecule has 7 heteroatoms. The van der Waals surface area contributed by atoms with E-state index in [4.69, 9.17) is 28.9 Å². The Morgan fingerprint density at radius 2 is 1.50 bits per heavy atom. The average molecular weight is 424 g/mol. The number of esters is 2. The van der Waals surface area contributed by atoms with Gasteiger partial charge in [-0.1, -0.05) is 48.5 Å². The van der Waals surface area contributed by atoms with Crippen LogP contribution in [0.3, 0.4) is 0 Å². The SMILES string of the molecule is COC(=O)c1ccc(CC2CCC2)c(Cl)c1.COC(=O)c1ccc(N)c(Cl)c1. The summed E-state index contributed by atoms with van der Waals surface area (Å²) >= 11 is 11.8. The molecule has 0 aromatic heterocycles. The summed E-state index contributed by atoms with van der Waals surface area (Å²) in [6.07, 6.45) is 4.97. The van der Waals surface area contributed by atoms with Gasteiger partial charge in [-0.25, -0.2) is 9.59 Å². The first-order valence-corrected chi connectivity index (χ1v) is 9.61. The molecule has 0 radical (unpaired) electrons. The number of hydrogen-bond acceptors (Lipinski definition) is 5. The van der Waals surface area contributed by atoms with Crippen molar-refractivity contribution in [1.29, 1.82) is 0 Å². The number of hydrogen-bond donors (Lipinski definition) is 1. The van der Waals surface area contributed by atoms with E-state index in [1.165, 1.54) is 39.5 Å². The van der Waals surface area contributed by atoms with Crippen LogP contribution in [0, 0.1) is 5.92 Å². The Labute approximate surface area is 174 Å². The molecule has 1 fully saturated rings. The van der Waals surface area contributed by atoms with Gasteiger partial charge in [-0.2, -0.15) is 0 Å². The third-order valence-electron chi connectivity index (χ3n) is 4.63. The second-order valence-electron chi connectivity index (χ2n) is 6.53. The minimum Gasteiger partial charge on any atom is -0.465 e. The summed E-state index contributed by atoms with van der Waals surface area (Å²) in [4.78, 5) is 22.2. The third-order valence-corrected chi connectivity index (χ3v) is 5.31. The Balaban J connectivity index is 0.000000209. The van der Waals surface area contributed by atoms with Crippen molar-refractivity contribution >= 4 is 40.8 Å². The number of ether oxygens (including phenoxy) is 2. The largest absolute Gasteiger partial charge is 0.465 e. The highest BCUT2D eigenvalue weighted by molar-refractivity contribution is 6.33. The lowest BCUT2D eigenvalue weighted by Crippen LogP contribution is -2.14. The normalized spacial score (nSPS) is 13.0. The summed E-state index contributed by atoms with van der Waals surface area (Å²) in [5.74, 6) is 0.0236. The second kappa shape index (κ2) is 10.3. The number of halogens is 2. The van der Waals surface area contributed by atoms with Gasteiger partial charge in [0.1, 0.15) is 0 Å². The zero-order valence-electron chi connectivity index (χ0n) is 15.8. The maximum Gasteiger partial charge on any atom is 0.337 e. The van der Waals surface area contributed by atoms with Gasteiger partial charge in [0.15, 0.2) is 0 Å². The van der Waals surface area contributed by atoms with Gasteiger partial charge >= 0.3 is 11.9 Å². The van der Waals surface area contributed by atoms with E-state index in [2.05, 4.69) is 9.47 Å². The van der Waals surface area contributed by atoms with E-state index in [-0.39, 0.29) is 5.97 Å². The standard InChI is InChI=1S/C13H15ClO2.C8H8ClNO2/c1-16-13(15)11-6-5-10(12(14)8-11)7-9-3-2-4-9;1-12-8(11)5-2-3-7(10)6(9)4-5/h5-6,8-9H,2-4,7H2,1H3;2-4H,10H2,1H3. The van der Waals surface area contributed by atoms with Crippen molar-refractivity contribution in [1.82, 2.24) is 0 Å². The fourth-order valence-corrected chi connectivity index (χ4v) is 3.18. The zero-order chi connectivity index (χ0) is 20.7. The summed E-state index contributed by atoms with van der Waals surface area (Å²) in [6, 6.07) is 10.0. The minimum absolute atomic E-state index is 0.336. The van der Waals surface area contributed by atoms with Crippen LogP contribution >= 0.6 is 23.2 Å². The first kappa shape index (κ1) is 22.1. The molecule has 0 saturated heterocycles. The maximum atomic E-state index is 11.3. The number of rotatable bonds is 4. The Morgan fingerprint density at radius 3 is 1.93 bits per heavy atom. The maximum absolute atomic E-state index is 11.3. The number of methoxy groups -OCH3 is 2. The molecule has 1 saturated carbocycles. The number of nitrogen functional groups attached to an aromatic ring is 1. The summed E-state index contributed by atoms with van der Waals surface area (Å²) in [5.41, 5.74) is 7.95. The highest BCUT2D eigenvalue weighted by Crippen LogP contribution is 2.32. The molecular formula is C21H23Cl2NO4. The van der Waals surface area contributed by atoms with Crippen LogP contribution in [0.4, 0.5) is 5.69 Å². The Hall–Kier alpha value is -2.24. The van der Waals surface area contributed by atoms with E-state index >= 15 is 0 Å². The van der Waals surface area contributed by atoms with Crippen molar-refractivity contribution < 1.29 is 19.1 Å². The van der Waals surface area contributed by atoms with Crippen LogP contribution < -0.4 is 5.73 Å². The molecule has 0 heterocycles. The predicted molar refractivity (Wildman–Crippen MR) is 111 cm³/mol. The van der Waals surface area contributed by atoms with Gasteiger partial charge in [0.2, 0.25) is 0 Å². The lowest BCUT2D eigenvalue weighted by Gasteiger charge is -2.25. The van der Waals surface area contributed by atoms with E-state index in [1.807, 2.05) is 6.07 Å². The van der Waals surface area contributed by atoms with E-state index in [0.717, 1.165) is 17.9 Å². The Bertz CT molecular complexity index is 850. The Kier molecular flexibility index (Phi) is 8.15. The second-order valence-corrected chi connectivity index (χ2v) is 7.34. The molecule has 28 heavy (non-hydrogen) atoms. The first-order valence-electron chi connectivity index (χ1n) is 8.85. The molecule has 0 unspecified atom stereocenters. The third kappa shape index (κ3) is 5.88. The summed E-state index contributed by atoms with van der Waals surface area (Å²) < 4.78 is 9.14. The van der Waals surface area contributed by atoms with E-state index < -0.39 is 5.97 Å². The highest BCUT2D eigenvalue weighted by atomic mass is 35.5. The fourth-order valence-electron chi connectivity index (χ4n) is 2.74. The lowest BCUT2D eigenvalue weighted by atomic mass is 9.81. The monoisotopic (exact) mass is 423 g/mol. The topological polar surface area (TPSA) is 78.6 Å². The van der Waals surface area contributed by atoms with Crippen molar-refractivity contribution in [2.24, 2.45) is 5.92 Å². The molecule has 3 rings (SSSR count). The molecule has 1 aliphatic rings. The number of carbonyl (C=O) groups is 2. The van der Waals surface area contributed by atoms with Crippen LogP contribution in [0.25, 0.3) is 0 Å². The smallest absolute Gasteiger partial charge is 0.337 e. The van der Waals surface area contributed by atoms with Crippen LogP contribution in [0.15, 0.2) is 36.4 Å². The van der Waals surface area contributed by atoms with Gasteiger partial charge in [0, 0.05) is 5.02 Å². The molecule has 150 valence electrons.